The van der Waals surface area contributed by atoms with Gasteiger partial charge in [0.05, 0.1) is 5.02 Å². The summed E-state index contributed by atoms with van der Waals surface area (Å²) in [7, 11) is 1.94. The summed E-state index contributed by atoms with van der Waals surface area (Å²) in [5.41, 5.74) is 1.96. The number of nitrogens with zero attached hydrogens (tertiary/aromatic N) is 3. The molecule has 0 bridgehead atoms. The summed E-state index contributed by atoms with van der Waals surface area (Å²) in [6.45, 7) is 0. The van der Waals surface area contributed by atoms with Crippen molar-refractivity contribution >= 4 is 35.0 Å². The van der Waals surface area contributed by atoms with Crippen molar-refractivity contribution in [3.05, 3.63) is 64.1 Å². The average Bonchev–Trinajstić information content (AvgIpc) is 2.88. The van der Waals surface area contributed by atoms with E-state index in [1.165, 1.54) is 0 Å². The number of hydrogen-bond acceptors (Lipinski definition) is 3. The quantitative estimate of drug-likeness (QED) is 0.615. The van der Waals surface area contributed by atoms with E-state index in [9.17, 15) is 0 Å². The molecule has 112 valence electrons. The first-order valence-corrected chi connectivity index (χ1v) is 8.41. The molecule has 1 heterocycles. The molecule has 6 heteroatoms. The minimum Gasteiger partial charge on any atom is -0.305 e. The van der Waals surface area contributed by atoms with Gasteiger partial charge in [0, 0.05) is 23.4 Å². The Morgan fingerprint density at radius 2 is 1.64 bits per heavy atom. The Bertz CT molecular complexity index is 802. The van der Waals surface area contributed by atoms with Crippen LogP contribution >= 0.6 is 35.0 Å². The van der Waals surface area contributed by atoms with Crippen LogP contribution in [0.4, 0.5) is 0 Å². The molecule has 0 unspecified atom stereocenters. The Hall–Kier alpha value is -1.49. The van der Waals surface area contributed by atoms with Crippen molar-refractivity contribution in [2.75, 3.05) is 0 Å². The minimum atomic E-state index is 0.667. The molecule has 3 nitrogen and oxygen atoms in total. The molecule has 0 radical (unpaired) electrons. The van der Waals surface area contributed by atoms with Gasteiger partial charge in [-0.15, -0.1) is 10.2 Å². The SMILES string of the molecule is Cn1c(SCc2ccccc2Cl)nnc1-c1ccccc1Cl. The van der Waals surface area contributed by atoms with Gasteiger partial charge >= 0.3 is 0 Å². The van der Waals surface area contributed by atoms with Crippen LogP contribution in [0.3, 0.4) is 0 Å². The van der Waals surface area contributed by atoms with E-state index in [0.29, 0.717) is 5.02 Å². The molecule has 2 aromatic carbocycles. The number of hydrogen-bond donors (Lipinski definition) is 0. The highest BCUT2D eigenvalue weighted by molar-refractivity contribution is 7.98. The van der Waals surface area contributed by atoms with Crippen molar-refractivity contribution < 1.29 is 0 Å². The summed E-state index contributed by atoms with van der Waals surface area (Å²) in [6, 6.07) is 15.4. The third-order valence-electron chi connectivity index (χ3n) is 3.26. The molecule has 0 atom stereocenters. The maximum Gasteiger partial charge on any atom is 0.191 e. The van der Waals surface area contributed by atoms with Crippen LogP contribution in [0.25, 0.3) is 11.4 Å². The van der Waals surface area contributed by atoms with Crippen LogP contribution < -0.4 is 0 Å². The first kappa shape index (κ1) is 15.4. The molecule has 0 aliphatic carbocycles. The molecule has 3 rings (SSSR count). The van der Waals surface area contributed by atoms with Crippen LogP contribution in [-0.2, 0) is 12.8 Å². The molecule has 22 heavy (non-hydrogen) atoms. The van der Waals surface area contributed by atoms with E-state index < -0.39 is 0 Å². The van der Waals surface area contributed by atoms with Gasteiger partial charge in [-0.05, 0) is 23.8 Å². The van der Waals surface area contributed by atoms with Crippen molar-refractivity contribution in [2.24, 2.45) is 7.05 Å². The second-order valence-electron chi connectivity index (χ2n) is 4.73. The van der Waals surface area contributed by atoms with E-state index in [4.69, 9.17) is 23.2 Å². The standard InChI is InChI=1S/C16H13Cl2N3S/c1-21-15(12-7-3-5-9-14(12)18)19-20-16(21)22-10-11-6-2-4-8-13(11)17/h2-9H,10H2,1H3. The van der Waals surface area contributed by atoms with Crippen LogP contribution in [0.5, 0.6) is 0 Å². The predicted molar refractivity (Wildman–Crippen MR) is 92.5 cm³/mol. The molecule has 0 fully saturated rings. The largest absolute Gasteiger partial charge is 0.305 e. The van der Waals surface area contributed by atoms with Crippen LogP contribution in [0.15, 0.2) is 53.7 Å². The van der Waals surface area contributed by atoms with Gasteiger partial charge in [0.2, 0.25) is 0 Å². The van der Waals surface area contributed by atoms with Crippen LogP contribution in [-0.4, -0.2) is 14.8 Å². The highest BCUT2D eigenvalue weighted by atomic mass is 35.5. The first-order valence-electron chi connectivity index (χ1n) is 6.67. The zero-order valence-corrected chi connectivity index (χ0v) is 14.2. The molecule has 0 aliphatic rings. The van der Waals surface area contributed by atoms with Gasteiger partial charge in [0.1, 0.15) is 0 Å². The summed E-state index contributed by atoms with van der Waals surface area (Å²) < 4.78 is 1.95. The average molecular weight is 350 g/mol. The normalized spacial score (nSPS) is 10.9. The Labute approximate surface area is 143 Å². The Morgan fingerprint density at radius 1 is 0.955 bits per heavy atom. The molecule has 0 amide bonds. The Balaban J connectivity index is 1.83. The fourth-order valence-corrected chi connectivity index (χ4v) is 3.49. The van der Waals surface area contributed by atoms with Gasteiger partial charge in [0.25, 0.3) is 0 Å². The lowest BCUT2D eigenvalue weighted by Crippen LogP contribution is -1.95. The number of aromatic nitrogens is 3. The lowest BCUT2D eigenvalue weighted by atomic mass is 10.2. The summed E-state index contributed by atoms with van der Waals surface area (Å²) in [6.07, 6.45) is 0. The summed E-state index contributed by atoms with van der Waals surface area (Å²) in [5, 5.41) is 10.8. The maximum atomic E-state index is 6.23. The van der Waals surface area contributed by atoms with Gasteiger partial charge in [-0.2, -0.15) is 0 Å². The first-order chi connectivity index (χ1) is 10.7. The van der Waals surface area contributed by atoms with Gasteiger partial charge in [-0.3, -0.25) is 0 Å². The Kier molecular flexibility index (Phi) is 4.71. The van der Waals surface area contributed by atoms with E-state index in [0.717, 1.165) is 32.9 Å². The van der Waals surface area contributed by atoms with Gasteiger partial charge < -0.3 is 4.57 Å². The molecular weight excluding hydrogens is 337 g/mol. The molecule has 0 N–H and O–H groups in total. The van der Waals surface area contributed by atoms with E-state index in [1.54, 1.807) is 11.8 Å². The fraction of sp³-hybridized carbons (Fsp3) is 0.125. The number of thioether (sulfide) groups is 1. The zero-order valence-electron chi connectivity index (χ0n) is 11.8. The summed E-state index contributed by atoms with van der Waals surface area (Å²) >= 11 is 14.0. The summed E-state index contributed by atoms with van der Waals surface area (Å²) in [5.74, 6) is 1.50. The van der Waals surface area contributed by atoms with Crippen molar-refractivity contribution in [3.8, 4) is 11.4 Å². The number of benzene rings is 2. The second kappa shape index (κ2) is 6.73. The maximum absolute atomic E-state index is 6.23. The monoisotopic (exact) mass is 349 g/mol. The smallest absolute Gasteiger partial charge is 0.191 e. The van der Waals surface area contributed by atoms with Crippen LogP contribution in [0.1, 0.15) is 5.56 Å². The molecule has 0 spiro atoms. The second-order valence-corrected chi connectivity index (χ2v) is 6.48. The van der Waals surface area contributed by atoms with Crippen molar-refractivity contribution in [3.63, 3.8) is 0 Å². The lowest BCUT2D eigenvalue weighted by Gasteiger charge is -2.06. The molecule has 1 aromatic heterocycles. The third kappa shape index (κ3) is 3.14. The topological polar surface area (TPSA) is 30.7 Å². The van der Waals surface area contributed by atoms with Gasteiger partial charge in [-0.25, -0.2) is 0 Å². The molecule has 3 aromatic rings. The van der Waals surface area contributed by atoms with Crippen LogP contribution in [0.2, 0.25) is 10.0 Å². The van der Waals surface area contributed by atoms with E-state index in [1.807, 2.05) is 60.1 Å². The van der Waals surface area contributed by atoms with Gasteiger partial charge in [0.15, 0.2) is 11.0 Å². The Morgan fingerprint density at radius 3 is 2.36 bits per heavy atom. The minimum absolute atomic E-state index is 0.667. The van der Waals surface area contributed by atoms with E-state index in [2.05, 4.69) is 10.2 Å². The predicted octanol–water partition coefficient (Wildman–Crippen LogP) is 5.08. The molecular formula is C16H13Cl2N3S. The van der Waals surface area contributed by atoms with Crippen LogP contribution in [0, 0.1) is 0 Å². The molecule has 0 aliphatic heterocycles. The number of halogens is 2. The molecule has 0 saturated carbocycles. The highest BCUT2D eigenvalue weighted by Gasteiger charge is 2.13. The third-order valence-corrected chi connectivity index (χ3v) is 5.03. The zero-order chi connectivity index (χ0) is 15.5. The van der Waals surface area contributed by atoms with Gasteiger partial charge in [-0.1, -0.05) is 65.3 Å². The molecule has 0 saturated heterocycles. The fourth-order valence-electron chi connectivity index (χ4n) is 2.08. The number of rotatable bonds is 4. The summed E-state index contributed by atoms with van der Waals surface area (Å²) in [4.78, 5) is 0. The lowest BCUT2D eigenvalue weighted by molar-refractivity contribution is 0.794. The van der Waals surface area contributed by atoms with E-state index >= 15 is 0 Å². The highest BCUT2D eigenvalue weighted by Crippen LogP contribution is 2.30. The van der Waals surface area contributed by atoms with Crippen molar-refractivity contribution in [1.82, 2.24) is 14.8 Å². The van der Waals surface area contributed by atoms with E-state index in [-0.39, 0.29) is 0 Å². The van der Waals surface area contributed by atoms with Crippen molar-refractivity contribution in [1.29, 1.82) is 0 Å². The van der Waals surface area contributed by atoms with Crippen molar-refractivity contribution in [2.45, 2.75) is 10.9 Å².